The van der Waals surface area contributed by atoms with Crippen LogP contribution in [-0.2, 0) is 4.74 Å². The molecule has 1 heterocycles. The number of nitrogens with zero attached hydrogens (tertiary/aromatic N) is 1. The van der Waals surface area contributed by atoms with Crippen LogP contribution in [0, 0.1) is 0 Å². The number of aromatic carboxylic acids is 1. The quantitative estimate of drug-likeness (QED) is 0.691. The van der Waals surface area contributed by atoms with Crippen molar-refractivity contribution in [2.45, 2.75) is 26.2 Å². The number of carboxylic acid groups (broad SMARTS) is 1. The highest BCUT2D eigenvalue weighted by Gasteiger charge is 2.09. The molecule has 6 nitrogen and oxygen atoms in total. The van der Waals surface area contributed by atoms with Crippen molar-refractivity contribution >= 4 is 23.1 Å². The average Bonchev–Trinajstić information content (AvgIpc) is 2.88. The molecule has 2 rings (SSSR count). The van der Waals surface area contributed by atoms with Crippen LogP contribution in [0.1, 0.15) is 36.5 Å². The lowest BCUT2D eigenvalue weighted by molar-refractivity contribution is 0.0697. The summed E-state index contributed by atoms with van der Waals surface area (Å²) in [4.78, 5) is 15.1. The summed E-state index contributed by atoms with van der Waals surface area (Å²) in [6, 6.07) is 5.03. The maximum absolute atomic E-state index is 10.9. The highest BCUT2D eigenvalue weighted by Crippen LogP contribution is 2.20. The number of anilines is 1. The van der Waals surface area contributed by atoms with Gasteiger partial charge in [0.15, 0.2) is 5.58 Å². The van der Waals surface area contributed by atoms with Crippen molar-refractivity contribution in [1.29, 1.82) is 0 Å². The number of fused-ring (bicyclic) bond motifs is 1. The third-order valence-corrected chi connectivity index (χ3v) is 3.02. The van der Waals surface area contributed by atoms with Gasteiger partial charge in [-0.1, -0.05) is 13.3 Å². The Kier molecular flexibility index (Phi) is 5.57. The van der Waals surface area contributed by atoms with Crippen LogP contribution in [0.25, 0.3) is 11.1 Å². The summed E-state index contributed by atoms with van der Waals surface area (Å²) in [7, 11) is 0. The summed E-state index contributed by atoms with van der Waals surface area (Å²) >= 11 is 0. The molecule has 0 fully saturated rings. The lowest BCUT2D eigenvalue weighted by Crippen LogP contribution is -2.06. The van der Waals surface area contributed by atoms with Gasteiger partial charge in [0.05, 0.1) is 5.56 Å². The number of rotatable bonds is 9. The van der Waals surface area contributed by atoms with Gasteiger partial charge in [-0.3, -0.25) is 0 Å². The van der Waals surface area contributed by atoms with Crippen LogP contribution in [0.2, 0.25) is 0 Å². The van der Waals surface area contributed by atoms with Crippen LogP contribution in [0.4, 0.5) is 6.01 Å². The first kappa shape index (κ1) is 15.3. The van der Waals surface area contributed by atoms with Crippen molar-refractivity contribution in [2.75, 3.05) is 25.1 Å². The minimum absolute atomic E-state index is 0.189. The second kappa shape index (κ2) is 7.64. The van der Waals surface area contributed by atoms with E-state index in [9.17, 15) is 4.79 Å². The molecule has 2 aromatic rings. The first-order chi connectivity index (χ1) is 10.2. The summed E-state index contributed by atoms with van der Waals surface area (Å²) in [5.74, 6) is -0.980. The van der Waals surface area contributed by atoms with E-state index >= 15 is 0 Å². The number of oxazole rings is 1. The van der Waals surface area contributed by atoms with Gasteiger partial charge in [-0.05, 0) is 31.0 Å². The third kappa shape index (κ3) is 4.46. The fraction of sp³-hybridized carbons (Fsp3) is 0.467. The van der Waals surface area contributed by atoms with Crippen molar-refractivity contribution in [3.63, 3.8) is 0 Å². The van der Waals surface area contributed by atoms with Gasteiger partial charge in [0, 0.05) is 19.8 Å². The Labute approximate surface area is 123 Å². The Morgan fingerprint density at radius 3 is 2.95 bits per heavy atom. The second-order valence-corrected chi connectivity index (χ2v) is 4.75. The molecule has 1 aromatic heterocycles. The maximum atomic E-state index is 10.9. The zero-order chi connectivity index (χ0) is 15.1. The summed E-state index contributed by atoms with van der Waals surface area (Å²) in [6.45, 7) is 4.34. The second-order valence-electron chi connectivity index (χ2n) is 4.75. The Morgan fingerprint density at radius 2 is 2.19 bits per heavy atom. The van der Waals surface area contributed by atoms with Gasteiger partial charge < -0.3 is 19.6 Å². The number of hydrogen-bond acceptors (Lipinski definition) is 5. The van der Waals surface area contributed by atoms with E-state index in [1.165, 1.54) is 12.1 Å². The van der Waals surface area contributed by atoms with Crippen molar-refractivity contribution in [1.82, 2.24) is 4.98 Å². The Balaban J connectivity index is 1.81. The molecule has 1 aromatic carbocycles. The number of ether oxygens (including phenoxy) is 1. The monoisotopic (exact) mass is 292 g/mol. The number of carboxylic acids is 1. The summed E-state index contributed by atoms with van der Waals surface area (Å²) < 4.78 is 10.9. The Hall–Kier alpha value is -2.08. The molecule has 0 aliphatic rings. The topological polar surface area (TPSA) is 84.6 Å². The van der Waals surface area contributed by atoms with Gasteiger partial charge >= 0.3 is 5.97 Å². The van der Waals surface area contributed by atoms with Crippen LogP contribution in [-0.4, -0.2) is 35.8 Å². The van der Waals surface area contributed by atoms with Crippen molar-refractivity contribution in [3.05, 3.63) is 23.8 Å². The minimum Gasteiger partial charge on any atom is -0.478 e. The molecule has 2 N–H and O–H groups in total. The Morgan fingerprint density at radius 1 is 1.38 bits per heavy atom. The van der Waals surface area contributed by atoms with Gasteiger partial charge in [-0.15, -0.1) is 0 Å². The molecule has 0 spiro atoms. The minimum atomic E-state index is -0.980. The first-order valence-electron chi connectivity index (χ1n) is 7.16. The van der Waals surface area contributed by atoms with E-state index in [2.05, 4.69) is 17.2 Å². The van der Waals surface area contributed by atoms with Crippen LogP contribution in [0.5, 0.6) is 0 Å². The fourth-order valence-corrected chi connectivity index (χ4v) is 1.85. The molecule has 0 saturated heterocycles. The van der Waals surface area contributed by atoms with Crippen molar-refractivity contribution < 1.29 is 19.1 Å². The molecule has 0 aliphatic carbocycles. The molecule has 0 aliphatic heterocycles. The number of aromatic nitrogens is 1. The summed E-state index contributed by atoms with van der Waals surface area (Å²) in [5.41, 5.74) is 1.30. The van der Waals surface area contributed by atoms with E-state index in [1.54, 1.807) is 6.07 Å². The van der Waals surface area contributed by atoms with Gasteiger partial charge in [-0.25, -0.2) is 4.79 Å². The van der Waals surface area contributed by atoms with Gasteiger partial charge in [0.1, 0.15) is 5.52 Å². The molecule has 0 saturated carbocycles. The molecule has 0 unspecified atom stereocenters. The highest BCUT2D eigenvalue weighted by atomic mass is 16.5. The van der Waals surface area contributed by atoms with Crippen molar-refractivity contribution in [2.24, 2.45) is 0 Å². The lowest BCUT2D eigenvalue weighted by atomic mass is 10.2. The molecule has 0 bridgehead atoms. The molecular weight excluding hydrogens is 272 g/mol. The fourth-order valence-electron chi connectivity index (χ4n) is 1.85. The smallest absolute Gasteiger partial charge is 0.335 e. The van der Waals surface area contributed by atoms with E-state index in [4.69, 9.17) is 14.3 Å². The van der Waals surface area contributed by atoms with E-state index in [1.807, 2.05) is 0 Å². The van der Waals surface area contributed by atoms with E-state index < -0.39 is 5.97 Å². The largest absolute Gasteiger partial charge is 0.478 e. The predicted octanol–water partition coefficient (Wildman–Crippen LogP) is 3.14. The zero-order valence-electron chi connectivity index (χ0n) is 12.1. The number of nitrogens with one attached hydrogen (secondary N) is 1. The van der Waals surface area contributed by atoms with Gasteiger partial charge in [0.25, 0.3) is 6.01 Å². The van der Waals surface area contributed by atoms with Crippen LogP contribution >= 0.6 is 0 Å². The van der Waals surface area contributed by atoms with E-state index in [-0.39, 0.29) is 5.56 Å². The number of carbonyl (C=O) groups is 1. The molecule has 0 amide bonds. The third-order valence-electron chi connectivity index (χ3n) is 3.02. The van der Waals surface area contributed by atoms with E-state index in [0.717, 1.165) is 25.9 Å². The number of hydrogen-bond donors (Lipinski definition) is 2. The molecule has 0 radical (unpaired) electrons. The molecule has 114 valence electrons. The normalized spacial score (nSPS) is 10.9. The van der Waals surface area contributed by atoms with Gasteiger partial charge in [0.2, 0.25) is 0 Å². The Bertz CT molecular complexity index is 594. The SMILES string of the molecule is CCCCOCCCNc1nc2ccc(C(=O)O)cc2o1. The lowest BCUT2D eigenvalue weighted by Gasteiger charge is -2.03. The number of unbranched alkanes of at least 4 members (excludes halogenated alkanes) is 1. The van der Waals surface area contributed by atoms with Crippen LogP contribution < -0.4 is 5.32 Å². The average molecular weight is 292 g/mol. The standard InChI is InChI=1S/C15H20N2O4/c1-2-3-8-20-9-4-7-16-15-17-12-6-5-11(14(18)19)10-13(12)21-15/h5-6,10H,2-4,7-9H2,1H3,(H,16,17)(H,18,19). The van der Waals surface area contributed by atoms with Crippen LogP contribution in [0.3, 0.4) is 0 Å². The maximum Gasteiger partial charge on any atom is 0.335 e. The van der Waals surface area contributed by atoms with E-state index in [0.29, 0.717) is 30.3 Å². The zero-order valence-corrected chi connectivity index (χ0v) is 12.1. The molecule has 6 heteroatoms. The predicted molar refractivity (Wildman–Crippen MR) is 79.8 cm³/mol. The molecular formula is C15H20N2O4. The first-order valence-corrected chi connectivity index (χ1v) is 7.16. The van der Waals surface area contributed by atoms with Crippen molar-refractivity contribution in [3.8, 4) is 0 Å². The summed E-state index contributed by atoms with van der Waals surface area (Å²) in [6.07, 6.45) is 3.09. The molecule has 0 atom stereocenters. The summed E-state index contributed by atoms with van der Waals surface area (Å²) in [5, 5.41) is 12.0. The van der Waals surface area contributed by atoms with Crippen LogP contribution in [0.15, 0.2) is 22.6 Å². The highest BCUT2D eigenvalue weighted by molar-refractivity contribution is 5.92. The van der Waals surface area contributed by atoms with Gasteiger partial charge in [-0.2, -0.15) is 4.98 Å². The number of benzene rings is 1. The molecule has 21 heavy (non-hydrogen) atoms.